The summed E-state index contributed by atoms with van der Waals surface area (Å²) < 4.78 is 1.04. The largest absolute Gasteiger partial charge is 0.208 e. The van der Waals surface area contributed by atoms with Crippen molar-refractivity contribution in [3.05, 3.63) is 109 Å². The van der Waals surface area contributed by atoms with E-state index in [1.165, 1.54) is 11.3 Å². The highest BCUT2D eigenvalue weighted by Crippen LogP contribution is 2.40. The van der Waals surface area contributed by atoms with E-state index in [1.54, 1.807) is 0 Å². The molecule has 9 aromatic rings. The van der Waals surface area contributed by atoms with Crippen molar-refractivity contribution >= 4 is 178 Å². The smallest absolute Gasteiger partial charge is 0.164 e. The van der Waals surface area contributed by atoms with Gasteiger partial charge in [-0.15, -0.1) is 38.7 Å². The van der Waals surface area contributed by atoms with Crippen LogP contribution in [0.5, 0.6) is 0 Å². The number of hydrogen-bond acceptors (Lipinski definition) is 4. The molecule has 0 fully saturated rings. The van der Waals surface area contributed by atoms with Crippen LogP contribution in [0.2, 0.25) is 0 Å². The van der Waals surface area contributed by atoms with Crippen LogP contribution in [0.15, 0.2) is 109 Å². The Balaban J connectivity index is 1.35. The van der Waals surface area contributed by atoms with Gasteiger partial charge in [0.2, 0.25) is 0 Å². The van der Waals surface area contributed by atoms with Crippen molar-refractivity contribution in [1.29, 1.82) is 0 Å². The topological polar surface area (TPSA) is 38.7 Å². The highest BCUT2D eigenvalue weighted by molar-refractivity contribution is 7.28. The maximum absolute atomic E-state index is 6.95. The predicted molar refractivity (Wildman–Crippen MR) is 265 cm³/mol. The van der Waals surface area contributed by atoms with Crippen molar-refractivity contribution in [2.24, 2.45) is 0 Å². The minimum Gasteiger partial charge on any atom is -0.208 e. The van der Waals surface area contributed by atoms with E-state index in [4.69, 9.17) is 101 Å². The van der Waals surface area contributed by atoms with E-state index in [2.05, 4.69) is 12.1 Å². The lowest BCUT2D eigenvalue weighted by atomic mass is 9.58. The van der Waals surface area contributed by atoms with Crippen molar-refractivity contribution in [3.63, 3.8) is 0 Å². The first-order valence-electron chi connectivity index (χ1n) is 18.6. The second-order valence-corrected chi connectivity index (χ2v) is 15.4. The van der Waals surface area contributed by atoms with Gasteiger partial charge in [0.25, 0.3) is 0 Å². The van der Waals surface area contributed by atoms with Crippen molar-refractivity contribution < 1.29 is 0 Å². The van der Waals surface area contributed by atoms with Crippen LogP contribution in [0.25, 0.3) is 87.7 Å². The van der Waals surface area contributed by atoms with Crippen molar-refractivity contribution in [2.75, 3.05) is 0 Å². The molecule has 2 aromatic heterocycles. The zero-order valence-corrected chi connectivity index (χ0v) is 32.8. The van der Waals surface area contributed by atoms with Crippen molar-refractivity contribution in [3.8, 4) is 67.5 Å². The van der Waals surface area contributed by atoms with Gasteiger partial charge in [0.15, 0.2) is 17.5 Å². The Labute approximate surface area is 367 Å². The Morgan fingerprint density at radius 3 is 1.32 bits per heavy atom. The lowest BCUT2D eigenvalue weighted by Gasteiger charge is -2.25. The molecule has 15 heteroatoms. The van der Waals surface area contributed by atoms with Crippen LogP contribution in [-0.4, -0.2) is 101 Å². The number of fused-ring (bicyclic) bond motifs is 3. The molecule has 0 aliphatic rings. The Morgan fingerprint density at radius 2 is 0.700 bits per heavy atom. The molecular formula is C45H18B11N3S. The number of nitrogens with zero attached hydrogens (tertiary/aromatic N) is 3. The molecule has 0 aliphatic heterocycles. The third-order valence-corrected chi connectivity index (χ3v) is 12.1. The Bertz CT molecular complexity index is 3180. The molecule has 0 atom stereocenters. The summed E-state index contributed by atoms with van der Waals surface area (Å²) in [6.45, 7) is 0. The zero-order valence-electron chi connectivity index (χ0n) is 32.0. The molecule has 60 heavy (non-hydrogen) atoms. The number of thiophene rings is 1. The molecular weight excluding hydrogens is 734 g/mol. The zero-order chi connectivity index (χ0) is 42.1. The summed E-state index contributed by atoms with van der Waals surface area (Å²) in [7, 11) is 72.9. The second kappa shape index (κ2) is 15.5. The number of hydrogen-bond donors (Lipinski definition) is 0. The average Bonchev–Trinajstić information content (AvgIpc) is 3.68. The fourth-order valence-electron chi connectivity index (χ4n) is 7.62. The van der Waals surface area contributed by atoms with Gasteiger partial charge in [0, 0.05) is 31.5 Å². The van der Waals surface area contributed by atoms with Crippen LogP contribution in [0.1, 0.15) is 0 Å². The summed E-state index contributed by atoms with van der Waals surface area (Å²) in [4.78, 5) is 15.2. The summed E-state index contributed by atoms with van der Waals surface area (Å²) in [5, 5.41) is 0.896. The Hall–Kier alpha value is -5.52. The normalized spacial score (nSPS) is 11.4. The fraction of sp³-hybridized carbons (Fsp3) is 0. The molecule has 0 saturated carbocycles. The first-order valence-corrected chi connectivity index (χ1v) is 19.5. The Morgan fingerprint density at radius 1 is 0.283 bits per heavy atom. The molecule has 0 aliphatic carbocycles. The number of rotatable bonds is 6. The molecule has 22 radical (unpaired) electrons. The molecule has 0 bridgehead atoms. The molecule has 9 rings (SSSR count). The maximum Gasteiger partial charge on any atom is 0.164 e. The molecule has 2 heterocycles. The van der Waals surface area contributed by atoms with E-state index in [1.807, 2.05) is 97.1 Å². The van der Waals surface area contributed by atoms with Crippen molar-refractivity contribution in [1.82, 2.24) is 15.0 Å². The van der Waals surface area contributed by atoms with Crippen LogP contribution < -0.4 is 60.1 Å². The van der Waals surface area contributed by atoms with E-state index in [9.17, 15) is 0 Å². The van der Waals surface area contributed by atoms with Gasteiger partial charge < -0.3 is 0 Å². The van der Waals surface area contributed by atoms with Gasteiger partial charge in [-0.05, 0) is 44.8 Å². The highest BCUT2D eigenvalue weighted by Gasteiger charge is 2.26. The lowest BCUT2D eigenvalue weighted by molar-refractivity contribution is 1.08. The quantitative estimate of drug-likeness (QED) is 0.205. The van der Waals surface area contributed by atoms with Gasteiger partial charge in [0.1, 0.15) is 86.3 Å². The molecule has 3 nitrogen and oxygen atoms in total. The van der Waals surface area contributed by atoms with Gasteiger partial charge in [-0.25, -0.2) is 15.0 Å². The minimum absolute atomic E-state index is 0.0231. The predicted octanol–water partition coefficient (Wildman–Crippen LogP) is -1.03. The molecule has 0 saturated heterocycles. The van der Waals surface area contributed by atoms with Crippen LogP contribution in [0.4, 0.5) is 0 Å². The molecule has 7 aromatic carbocycles. The van der Waals surface area contributed by atoms with Crippen LogP contribution in [-0.2, 0) is 0 Å². The van der Waals surface area contributed by atoms with Gasteiger partial charge >= 0.3 is 0 Å². The molecule has 0 N–H and O–H groups in total. The third-order valence-electron chi connectivity index (χ3n) is 10.9. The third kappa shape index (κ3) is 6.48. The van der Waals surface area contributed by atoms with E-state index in [0.717, 1.165) is 33.4 Å². The lowest BCUT2D eigenvalue weighted by Crippen LogP contribution is -2.56. The summed E-state index contributed by atoms with van der Waals surface area (Å²) in [5.74, 6) is 1.02. The fourth-order valence-corrected chi connectivity index (χ4v) is 8.97. The first-order chi connectivity index (χ1) is 28.8. The number of aromatic nitrogens is 3. The standard InChI is InChI=1S/C45H18B11N3S/c46-30-25(27-31(47)36(52)39(55)37(53)32(27)48)26-28-33(49)35(51)34(50)29(41(28)60-42(26)40(56)38(30)54)45-58-43(22-16-14-21(15-17-22)19-8-3-1-4-9-19)57-44(59-45)24-13-7-12-23(18-24)20-10-5-2-6-11-20/h1-18H. The minimum atomic E-state index is 0.0231. The monoisotopic (exact) mass is 753 g/mol. The van der Waals surface area contributed by atoms with E-state index >= 15 is 0 Å². The van der Waals surface area contributed by atoms with Gasteiger partial charge in [-0.2, -0.15) is 0 Å². The highest BCUT2D eigenvalue weighted by atomic mass is 32.1. The van der Waals surface area contributed by atoms with E-state index in [0.29, 0.717) is 42.9 Å². The van der Waals surface area contributed by atoms with Gasteiger partial charge in [-0.3, -0.25) is 0 Å². The molecule has 0 amide bonds. The summed E-state index contributed by atoms with van der Waals surface area (Å²) in [5.41, 5.74) is 7.39. The maximum atomic E-state index is 6.95. The summed E-state index contributed by atoms with van der Waals surface area (Å²) in [6.07, 6.45) is 0. The van der Waals surface area contributed by atoms with Gasteiger partial charge in [0.05, 0.1) is 0 Å². The second-order valence-electron chi connectivity index (χ2n) is 14.4. The van der Waals surface area contributed by atoms with E-state index in [-0.39, 0.29) is 71.5 Å². The van der Waals surface area contributed by atoms with Crippen LogP contribution >= 0.6 is 11.3 Å². The first kappa shape index (κ1) is 39.9. The number of benzene rings is 7. The summed E-state index contributed by atoms with van der Waals surface area (Å²) >= 11 is 1.26. The SMILES string of the molecule is [B]c1c([B])c([B])c(-c2c([B])c([B])c([B])c3sc4c(-c5nc(-c6ccc(-c7ccccc7)cc6)nc(-c6cccc(-c7ccccc7)c6)n5)c([B])c([B])c([B])c4c23)c([B])c1[B]. The molecule has 0 spiro atoms. The Kier molecular flexibility index (Phi) is 10.3. The van der Waals surface area contributed by atoms with Gasteiger partial charge in [-0.1, -0.05) is 136 Å². The molecule has 0 unspecified atom stereocenters. The molecule has 252 valence electrons. The van der Waals surface area contributed by atoms with Crippen LogP contribution in [0.3, 0.4) is 0 Å². The van der Waals surface area contributed by atoms with Crippen molar-refractivity contribution in [2.45, 2.75) is 0 Å². The summed E-state index contributed by atoms with van der Waals surface area (Å²) in [6, 6.07) is 36.1. The average molecular weight is 752 g/mol. The van der Waals surface area contributed by atoms with E-state index < -0.39 is 0 Å². The van der Waals surface area contributed by atoms with Crippen LogP contribution in [0, 0.1) is 0 Å².